The third-order valence-corrected chi connectivity index (χ3v) is 4.45. The summed E-state index contributed by atoms with van der Waals surface area (Å²) in [5.41, 5.74) is 1.47. The highest BCUT2D eigenvalue weighted by molar-refractivity contribution is 7.09. The molecule has 122 valence electrons. The lowest BCUT2D eigenvalue weighted by molar-refractivity contribution is 0.0993. The number of para-hydroxylation sites is 1. The Morgan fingerprint density at radius 3 is 2.58 bits per heavy atom. The number of carbonyl (C=O) groups excluding carboxylic acids is 1. The quantitative estimate of drug-likeness (QED) is 0.715. The van der Waals surface area contributed by atoms with Crippen molar-refractivity contribution in [2.24, 2.45) is 0 Å². The molecule has 24 heavy (non-hydrogen) atoms. The summed E-state index contributed by atoms with van der Waals surface area (Å²) in [6, 6.07) is 13.1. The maximum Gasteiger partial charge on any atom is 0.258 e. The van der Waals surface area contributed by atoms with Crippen molar-refractivity contribution in [1.29, 1.82) is 0 Å². The summed E-state index contributed by atoms with van der Waals surface area (Å²) in [5.74, 6) is 0.685. The first-order valence-electron chi connectivity index (χ1n) is 7.54. The van der Waals surface area contributed by atoms with Gasteiger partial charge in [0.1, 0.15) is 10.8 Å². The number of nitrogens with zero attached hydrogens (tertiary/aromatic N) is 4. The minimum absolute atomic E-state index is 0.0625. The minimum Gasteiger partial charge on any atom is -0.353 e. The second kappa shape index (κ2) is 7.23. The maximum absolute atomic E-state index is 12.7. The second-order valence-electron chi connectivity index (χ2n) is 5.38. The van der Waals surface area contributed by atoms with Gasteiger partial charge in [-0.3, -0.25) is 4.79 Å². The topological polar surface area (TPSA) is 49.3 Å². The number of aromatic nitrogens is 2. The van der Waals surface area contributed by atoms with Crippen LogP contribution in [0.2, 0.25) is 0 Å². The van der Waals surface area contributed by atoms with E-state index in [0.717, 1.165) is 16.5 Å². The third kappa shape index (κ3) is 3.60. The molecule has 1 aromatic carbocycles. The minimum atomic E-state index is -0.0625. The van der Waals surface area contributed by atoms with Gasteiger partial charge in [-0.25, -0.2) is 9.97 Å². The van der Waals surface area contributed by atoms with E-state index in [9.17, 15) is 4.79 Å². The summed E-state index contributed by atoms with van der Waals surface area (Å²) >= 11 is 1.60. The molecule has 0 atom stereocenters. The molecule has 0 aliphatic carbocycles. The van der Waals surface area contributed by atoms with Crippen LogP contribution in [0, 0.1) is 0 Å². The first-order chi connectivity index (χ1) is 11.6. The van der Waals surface area contributed by atoms with Gasteiger partial charge in [0.25, 0.3) is 5.91 Å². The number of benzene rings is 1. The SMILES string of the molecule is CN(Cc1nccs1)c1cc(C(=O)N(C)c2ccccc2)ccn1. The standard InChI is InChI=1S/C18H18N4OS/c1-21(13-17-20-10-11-24-17)16-12-14(8-9-19-16)18(23)22(2)15-6-4-3-5-7-15/h3-12H,13H2,1-2H3. The first kappa shape index (κ1) is 16.1. The molecule has 0 unspecified atom stereocenters. The first-order valence-corrected chi connectivity index (χ1v) is 8.42. The molecule has 2 heterocycles. The molecule has 6 heteroatoms. The predicted molar refractivity (Wildman–Crippen MR) is 97.6 cm³/mol. The van der Waals surface area contributed by atoms with E-state index in [2.05, 4.69) is 9.97 Å². The van der Waals surface area contributed by atoms with Crippen LogP contribution in [0.25, 0.3) is 0 Å². The van der Waals surface area contributed by atoms with Gasteiger partial charge in [-0.15, -0.1) is 11.3 Å². The lowest BCUT2D eigenvalue weighted by atomic mass is 10.2. The normalized spacial score (nSPS) is 10.4. The van der Waals surface area contributed by atoms with Gasteiger partial charge in [0, 0.05) is 43.1 Å². The number of thiazole rings is 1. The van der Waals surface area contributed by atoms with Crippen LogP contribution in [0.5, 0.6) is 0 Å². The number of rotatable bonds is 5. The summed E-state index contributed by atoms with van der Waals surface area (Å²) in [6.45, 7) is 0.664. The molecule has 0 bridgehead atoms. The monoisotopic (exact) mass is 338 g/mol. The van der Waals surface area contributed by atoms with Gasteiger partial charge in [0.2, 0.25) is 0 Å². The van der Waals surface area contributed by atoms with Crippen molar-refractivity contribution in [3.8, 4) is 0 Å². The van der Waals surface area contributed by atoms with Gasteiger partial charge >= 0.3 is 0 Å². The van der Waals surface area contributed by atoms with Gasteiger partial charge in [0.05, 0.1) is 6.54 Å². The maximum atomic E-state index is 12.7. The number of hydrogen-bond acceptors (Lipinski definition) is 5. The molecule has 0 saturated heterocycles. The summed E-state index contributed by atoms with van der Waals surface area (Å²) in [7, 11) is 3.72. The van der Waals surface area contributed by atoms with E-state index in [-0.39, 0.29) is 5.91 Å². The summed E-state index contributed by atoms with van der Waals surface area (Å²) in [6.07, 6.45) is 3.45. The van der Waals surface area contributed by atoms with E-state index >= 15 is 0 Å². The Bertz CT molecular complexity index is 805. The number of carbonyl (C=O) groups is 1. The van der Waals surface area contributed by atoms with Crippen molar-refractivity contribution in [1.82, 2.24) is 9.97 Å². The molecular weight excluding hydrogens is 320 g/mol. The number of anilines is 2. The van der Waals surface area contributed by atoms with Crippen molar-refractivity contribution >= 4 is 28.7 Å². The molecule has 0 spiro atoms. The highest BCUT2D eigenvalue weighted by Gasteiger charge is 2.15. The molecule has 3 rings (SSSR count). The zero-order valence-electron chi connectivity index (χ0n) is 13.6. The van der Waals surface area contributed by atoms with E-state index < -0.39 is 0 Å². The smallest absolute Gasteiger partial charge is 0.258 e. The lowest BCUT2D eigenvalue weighted by Crippen LogP contribution is -2.26. The molecule has 0 fully saturated rings. The fourth-order valence-corrected chi connectivity index (χ4v) is 3.01. The number of pyridine rings is 1. The molecule has 0 aliphatic rings. The molecule has 2 aromatic heterocycles. The summed E-state index contributed by atoms with van der Waals surface area (Å²) < 4.78 is 0. The van der Waals surface area contributed by atoms with Crippen LogP contribution in [0.15, 0.2) is 60.2 Å². The molecule has 0 aliphatic heterocycles. The fraction of sp³-hybridized carbons (Fsp3) is 0.167. The van der Waals surface area contributed by atoms with E-state index in [0.29, 0.717) is 12.1 Å². The van der Waals surface area contributed by atoms with Gasteiger partial charge in [0.15, 0.2) is 0 Å². The second-order valence-corrected chi connectivity index (χ2v) is 6.36. The Kier molecular flexibility index (Phi) is 4.86. The van der Waals surface area contributed by atoms with Crippen LogP contribution < -0.4 is 9.80 Å². The Balaban J connectivity index is 1.78. The molecule has 5 nitrogen and oxygen atoms in total. The van der Waals surface area contributed by atoms with Crippen molar-refractivity contribution < 1.29 is 4.79 Å². The summed E-state index contributed by atoms with van der Waals surface area (Å²) in [4.78, 5) is 25.0. The Morgan fingerprint density at radius 1 is 1.08 bits per heavy atom. The number of hydrogen-bond donors (Lipinski definition) is 0. The Labute approximate surface area is 145 Å². The molecule has 0 saturated carbocycles. The van der Waals surface area contributed by atoms with E-state index in [4.69, 9.17) is 0 Å². The molecule has 0 radical (unpaired) electrons. The van der Waals surface area contributed by atoms with Crippen molar-refractivity contribution in [2.75, 3.05) is 23.9 Å². The molecule has 3 aromatic rings. The predicted octanol–water partition coefficient (Wildman–Crippen LogP) is 3.45. The molecular formula is C18H18N4OS. The molecule has 1 amide bonds. The zero-order valence-corrected chi connectivity index (χ0v) is 14.4. The molecule has 0 N–H and O–H groups in total. The van der Waals surface area contributed by atoms with Gasteiger partial charge in [-0.05, 0) is 24.3 Å². The van der Waals surface area contributed by atoms with Crippen LogP contribution in [-0.4, -0.2) is 30.0 Å². The Morgan fingerprint density at radius 2 is 1.88 bits per heavy atom. The van der Waals surface area contributed by atoms with Crippen molar-refractivity contribution in [3.63, 3.8) is 0 Å². The van der Waals surface area contributed by atoms with Crippen LogP contribution >= 0.6 is 11.3 Å². The highest BCUT2D eigenvalue weighted by Crippen LogP contribution is 2.19. The van der Waals surface area contributed by atoms with Crippen molar-refractivity contribution in [3.05, 3.63) is 70.8 Å². The third-order valence-electron chi connectivity index (χ3n) is 3.69. The number of amides is 1. The van der Waals surface area contributed by atoms with Gasteiger partial charge < -0.3 is 9.80 Å². The highest BCUT2D eigenvalue weighted by atomic mass is 32.1. The van der Waals surface area contributed by atoms with E-state index in [1.807, 2.05) is 53.7 Å². The van der Waals surface area contributed by atoms with Gasteiger partial charge in [-0.1, -0.05) is 18.2 Å². The van der Waals surface area contributed by atoms with E-state index in [1.54, 1.807) is 41.7 Å². The van der Waals surface area contributed by atoms with Crippen LogP contribution in [0.1, 0.15) is 15.4 Å². The summed E-state index contributed by atoms with van der Waals surface area (Å²) in [5, 5.41) is 2.96. The van der Waals surface area contributed by atoms with Crippen LogP contribution in [0.4, 0.5) is 11.5 Å². The van der Waals surface area contributed by atoms with E-state index in [1.165, 1.54) is 0 Å². The van der Waals surface area contributed by atoms with Crippen LogP contribution in [0.3, 0.4) is 0 Å². The largest absolute Gasteiger partial charge is 0.353 e. The average molecular weight is 338 g/mol. The average Bonchev–Trinajstić information content (AvgIpc) is 3.14. The van der Waals surface area contributed by atoms with Gasteiger partial charge in [-0.2, -0.15) is 0 Å². The van der Waals surface area contributed by atoms with Crippen LogP contribution in [-0.2, 0) is 6.54 Å². The zero-order chi connectivity index (χ0) is 16.9. The Hall–Kier alpha value is -2.73. The van der Waals surface area contributed by atoms with Crippen molar-refractivity contribution in [2.45, 2.75) is 6.54 Å². The lowest BCUT2D eigenvalue weighted by Gasteiger charge is -2.20. The fourth-order valence-electron chi connectivity index (χ4n) is 2.34.